The zero-order chi connectivity index (χ0) is 36.5. The Morgan fingerprint density at radius 1 is 0.980 bits per heavy atom. The summed E-state index contributed by atoms with van der Waals surface area (Å²) >= 11 is 0. The highest BCUT2D eigenvalue weighted by Crippen LogP contribution is 2.28. The van der Waals surface area contributed by atoms with Crippen molar-refractivity contribution in [3.05, 3.63) is 84.2 Å². The first-order valence-electron chi connectivity index (χ1n) is 17.4. The van der Waals surface area contributed by atoms with Crippen LogP contribution in [0.1, 0.15) is 92.6 Å². The number of hydrogen-bond acceptors (Lipinski definition) is 10. The average molecular weight is 690 g/mol. The third-order valence-electron chi connectivity index (χ3n) is 7.62. The number of carbonyl (C=O) groups is 2. The van der Waals surface area contributed by atoms with Gasteiger partial charge in [-0.15, -0.1) is 0 Å². The number of carbonyl (C=O) groups excluding carboxylic acids is 2. The van der Waals surface area contributed by atoms with E-state index in [1.165, 1.54) is 10.9 Å². The minimum absolute atomic E-state index is 0.0270. The molecular formula is C37H51N7O6. The molecule has 2 unspecified atom stereocenters. The molecule has 1 aromatic carbocycles. The van der Waals surface area contributed by atoms with Gasteiger partial charge in [0.1, 0.15) is 17.7 Å². The van der Waals surface area contributed by atoms with Crippen LogP contribution < -0.4 is 5.32 Å². The highest BCUT2D eigenvalue weighted by molar-refractivity contribution is 6.04. The van der Waals surface area contributed by atoms with E-state index in [1.54, 1.807) is 30.1 Å². The molecule has 2 fully saturated rings. The molecule has 0 spiro atoms. The summed E-state index contributed by atoms with van der Waals surface area (Å²) in [6, 6.07) is 9.49. The van der Waals surface area contributed by atoms with Crippen LogP contribution in [-0.2, 0) is 20.8 Å². The molecule has 1 N–H and O–H groups in total. The Bertz CT molecular complexity index is 1740. The van der Waals surface area contributed by atoms with Gasteiger partial charge in [0.25, 0.3) is 5.91 Å². The summed E-state index contributed by atoms with van der Waals surface area (Å²) in [6.07, 6.45) is 9.90. The van der Waals surface area contributed by atoms with E-state index in [1.807, 2.05) is 85.0 Å². The Balaban J connectivity index is 0.000000313. The summed E-state index contributed by atoms with van der Waals surface area (Å²) in [5.41, 5.74) is 4.48. The van der Waals surface area contributed by atoms with E-state index >= 15 is 0 Å². The third kappa shape index (κ3) is 10.2. The van der Waals surface area contributed by atoms with Gasteiger partial charge in [-0.3, -0.25) is 18.6 Å². The van der Waals surface area contributed by atoms with Gasteiger partial charge in [-0.1, -0.05) is 58.8 Å². The van der Waals surface area contributed by atoms with E-state index in [9.17, 15) is 9.59 Å². The summed E-state index contributed by atoms with van der Waals surface area (Å²) in [5.74, 6) is 1.07. The van der Waals surface area contributed by atoms with Gasteiger partial charge in [0.15, 0.2) is 0 Å². The maximum absolute atomic E-state index is 13.0. The molecule has 270 valence electrons. The summed E-state index contributed by atoms with van der Waals surface area (Å²) < 4.78 is 24.4. The molecule has 13 heteroatoms. The summed E-state index contributed by atoms with van der Waals surface area (Å²) in [7, 11) is 1.64. The van der Waals surface area contributed by atoms with Crippen LogP contribution in [0, 0.1) is 12.8 Å². The Hall–Kier alpha value is -4.72. The van der Waals surface area contributed by atoms with Crippen molar-refractivity contribution in [2.75, 3.05) is 38.9 Å². The summed E-state index contributed by atoms with van der Waals surface area (Å²) in [5, 5.41) is 7.10. The van der Waals surface area contributed by atoms with Crippen LogP contribution >= 0.6 is 0 Å². The number of nitrogens with one attached hydrogen (secondary N) is 1. The molecule has 7 rings (SSSR count). The second-order valence-corrected chi connectivity index (χ2v) is 10.7. The van der Waals surface area contributed by atoms with Crippen LogP contribution in [0.15, 0.2) is 66.0 Å². The topological polar surface area (TPSA) is 148 Å². The molecule has 0 saturated carbocycles. The molecule has 5 aromatic rings. The quantitative estimate of drug-likeness (QED) is 0.185. The number of aryl methyl sites for hydroxylation is 1. The Morgan fingerprint density at radius 3 is 2.40 bits per heavy atom. The number of amides is 1. The maximum atomic E-state index is 13.0. The number of anilines is 1. The predicted molar refractivity (Wildman–Crippen MR) is 192 cm³/mol. The van der Waals surface area contributed by atoms with Crippen LogP contribution in [0.4, 0.5) is 5.69 Å². The maximum Gasteiger partial charge on any atom is 0.274 e. The van der Waals surface area contributed by atoms with Crippen molar-refractivity contribution in [3.8, 4) is 11.4 Å². The fourth-order valence-electron chi connectivity index (χ4n) is 5.11. The molecule has 2 aliphatic rings. The molecule has 2 aliphatic heterocycles. The van der Waals surface area contributed by atoms with Gasteiger partial charge in [-0.25, -0.2) is 9.97 Å². The van der Waals surface area contributed by atoms with Crippen LogP contribution in [0.25, 0.3) is 17.0 Å². The molecule has 50 heavy (non-hydrogen) atoms. The SMILES string of the molecule is CC.CC.CC.COCc1ccn2c(C(=O)Nc3cc(-c4noc(C5CCOC5)n4)ccc3C)cnc2c1.O=C(C1CCOC1)n1ccnc1. The smallest absolute Gasteiger partial charge is 0.274 e. The monoisotopic (exact) mass is 689 g/mol. The summed E-state index contributed by atoms with van der Waals surface area (Å²) in [6.45, 7) is 17.0. The molecule has 0 aliphatic carbocycles. The lowest BCUT2D eigenvalue weighted by Gasteiger charge is -2.10. The fraction of sp³-hybridized carbons (Fsp3) is 0.459. The van der Waals surface area contributed by atoms with E-state index in [4.69, 9.17) is 18.7 Å². The van der Waals surface area contributed by atoms with Gasteiger partial charge in [-0.05, 0) is 49.1 Å². The lowest BCUT2D eigenvalue weighted by molar-refractivity contribution is 0.0814. The minimum atomic E-state index is -0.255. The normalized spacial score (nSPS) is 16.1. The van der Waals surface area contributed by atoms with Crippen LogP contribution in [0.5, 0.6) is 0 Å². The van der Waals surface area contributed by atoms with Gasteiger partial charge in [0.2, 0.25) is 17.6 Å². The zero-order valence-electron chi connectivity index (χ0n) is 30.5. The first kappa shape index (κ1) is 39.7. The number of methoxy groups -OCH3 is 1. The standard InChI is InChI=1S/C23H23N5O4.C8H10N2O2.3C2H6/c1-14-3-4-16(21-26-23(32-27-21)17-6-8-31-13-17)10-18(14)25-22(29)19-11-24-20-9-15(12-30-2)5-7-28(19)20;11-8(7-1-4-12-5-7)10-3-2-9-6-10;3*1-2/h3-5,7,9-11,17H,6,8,12-13H2,1-2H3,(H,25,29);2-3,6-7H,1,4-5H2;3*1-2H3. The molecule has 0 radical (unpaired) electrons. The fourth-order valence-corrected chi connectivity index (χ4v) is 5.11. The summed E-state index contributed by atoms with van der Waals surface area (Å²) in [4.78, 5) is 37.3. The second-order valence-electron chi connectivity index (χ2n) is 10.7. The van der Waals surface area contributed by atoms with E-state index in [0.29, 0.717) is 61.8 Å². The van der Waals surface area contributed by atoms with Gasteiger partial charge < -0.3 is 24.1 Å². The molecule has 2 atom stereocenters. The number of ether oxygens (including phenoxy) is 3. The number of nitrogens with zero attached hydrogens (tertiary/aromatic N) is 6. The van der Waals surface area contributed by atoms with Crippen molar-refractivity contribution in [1.82, 2.24) is 29.1 Å². The Labute approximate surface area is 294 Å². The largest absolute Gasteiger partial charge is 0.381 e. The van der Waals surface area contributed by atoms with E-state index < -0.39 is 0 Å². The molecule has 0 bridgehead atoms. The number of pyridine rings is 1. The van der Waals surface area contributed by atoms with Crippen molar-refractivity contribution in [2.24, 2.45) is 5.92 Å². The first-order chi connectivity index (χ1) is 24.5. The van der Waals surface area contributed by atoms with Gasteiger partial charge in [0.05, 0.1) is 37.9 Å². The average Bonchev–Trinajstić information content (AvgIpc) is 4.01. The molecule has 2 saturated heterocycles. The molecule has 1 amide bonds. The van der Waals surface area contributed by atoms with E-state index in [-0.39, 0.29) is 23.7 Å². The number of fused-ring (bicyclic) bond motifs is 1. The third-order valence-corrected chi connectivity index (χ3v) is 7.62. The number of benzene rings is 1. The second kappa shape index (κ2) is 20.7. The lowest BCUT2D eigenvalue weighted by Crippen LogP contribution is -2.20. The van der Waals surface area contributed by atoms with Crippen molar-refractivity contribution >= 4 is 23.1 Å². The predicted octanol–water partition coefficient (Wildman–Crippen LogP) is 7.23. The van der Waals surface area contributed by atoms with Crippen molar-refractivity contribution < 1.29 is 28.3 Å². The number of rotatable bonds is 7. The molecule has 13 nitrogen and oxygen atoms in total. The van der Waals surface area contributed by atoms with Gasteiger partial charge >= 0.3 is 0 Å². The molecular weight excluding hydrogens is 638 g/mol. The van der Waals surface area contributed by atoms with E-state index in [0.717, 1.165) is 29.5 Å². The lowest BCUT2D eigenvalue weighted by atomic mass is 10.1. The molecule has 6 heterocycles. The number of imidazole rings is 2. The highest BCUT2D eigenvalue weighted by Gasteiger charge is 2.25. The number of aromatic nitrogens is 6. The number of hydrogen-bond donors (Lipinski definition) is 1. The van der Waals surface area contributed by atoms with Crippen LogP contribution in [-0.4, -0.2) is 74.4 Å². The molecule has 4 aromatic heterocycles. The Morgan fingerprint density at radius 2 is 1.74 bits per heavy atom. The van der Waals surface area contributed by atoms with Crippen molar-refractivity contribution in [2.45, 2.75) is 73.8 Å². The highest BCUT2D eigenvalue weighted by atomic mass is 16.5. The first-order valence-corrected chi connectivity index (χ1v) is 17.4. The zero-order valence-corrected chi connectivity index (χ0v) is 30.5. The van der Waals surface area contributed by atoms with E-state index in [2.05, 4.69) is 25.4 Å². The van der Waals surface area contributed by atoms with Crippen LogP contribution in [0.2, 0.25) is 0 Å². The minimum Gasteiger partial charge on any atom is -0.381 e. The van der Waals surface area contributed by atoms with Crippen molar-refractivity contribution in [3.63, 3.8) is 0 Å². The van der Waals surface area contributed by atoms with Crippen LogP contribution in [0.3, 0.4) is 0 Å². The van der Waals surface area contributed by atoms with Gasteiger partial charge in [0, 0.05) is 50.2 Å². The van der Waals surface area contributed by atoms with Crippen molar-refractivity contribution in [1.29, 1.82) is 0 Å². The van der Waals surface area contributed by atoms with Gasteiger partial charge in [-0.2, -0.15) is 4.98 Å². The Kier molecular flexibility index (Phi) is 16.5.